The summed E-state index contributed by atoms with van der Waals surface area (Å²) in [5.74, 6) is 1.11. The van der Waals surface area contributed by atoms with E-state index in [2.05, 4.69) is 265 Å². The van der Waals surface area contributed by atoms with Gasteiger partial charge in [0.2, 0.25) is 0 Å². The first-order valence-corrected chi connectivity index (χ1v) is 27.3. The van der Waals surface area contributed by atoms with Crippen LogP contribution < -0.4 is 0 Å². The summed E-state index contributed by atoms with van der Waals surface area (Å²) in [5, 5.41) is 4.50. The largest absolute Gasteiger partial charge is 0.309 e. The number of nitrogens with zero attached hydrogens (tertiary/aromatic N) is 7. The Labute approximate surface area is 468 Å². The Balaban J connectivity index is 1.11. The molecule has 5 heterocycles. The van der Waals surface area contributed by atoms with E-state index in [1.165, 1.54) is 5.56 Å². The van der Waals surface area contributed by atoms with Crippen LogP contribution in [-0.2, 0) is 0 Å². The van der Waals surface area contributed by atoms with E-state index in [0.717, 1.165) is 134 Å². The molecule has 7 nitrogen and oxygen atoms in total. The Bertz CT molecular complexity index is 4600. The zero-order chi connectivity index (χ0) is 53.8. The van der Waals surface area contributed by atoms with Gasteiger partial charge in [-0.05, 0) is 73.7 Å². The number of hydrogen-bond acceptors (Lipinski definition) is 5. The number of fused-ring (bicyclic) bond motifs is 6. The van der Waals surface area contributed by atoms with E-state index in [1.807, 2.05) is 30.3 Å². The molecule has 0 aliphatic heterocycles. The molecule has 15 rings (SSSR count). The fourth-order valence-corrected chi connectivity index (χ4v) is 11.6. The molecule has 0 N–H and O–H groups in total. The van der Waals surface area contributed by atoms with Gasteiger partial charge in [-0.25, -0.2) is 24.9 Å². The van der Waals surface area contributed by atoms with Gasteiger partial charge in [0.15, 0.2) is 11.6 Å². The Hall–Kier alpha value is -10.9. The molecule has 0 amide bonds. The van der Waals surface area contributed by atoms with Crippen LogP contribution in [0, 0.1) is 6.92 Å². The number of rotatable bonds is 10. The summed E-state index contributed by atoms with van der Waals surface area (Å²) in [6, 6.07) is 97.9. The third kappa shape index (κ3) is 8.52. The molecule has 0 fully saturated rings. The molecular weight excluding hydrogens is 987 g/mol. The van der Waals surface area contributed by atoms with Gasteiger partial charge in [0.25, 0.3) is 0 Å². The van der Waals surface area contributed by atoms with Crippen LogP contribution >= 0.6 is 0 Å². The summed E-state index contributed by atoms with van der Waals surface area (Å²) in [4.78, 5) is 27.9. The minimum Gasteiger partial charge on any atom is -0.309 e. The highest BCUT2D eigenvalue weighted by Crippen LogP contribution is 2.45. The fourth-order valence-electron chi connectivity index (χ4n) is 11.6. The van der Waals surface area contributed by atoms with E-state index < -0.39 is 0 Å². The Morgan fingerprint density at radius 3 is 1.14 bits per heavy atom. The van der Waals surface area contributed by atoms with Crippen LogP contribution in [0.15, 0.2) is 279 Å². The number of pyridine rings is 1. The molecule has 15 aromatic rings. The maximum absolute atomic E-state index is 5.66. The second kappa shape index (κ2) is 19.8. The van der Waals surface area contributed by atoms with E-state index in [0.29, 0.717) is 11.6 Å². The summed E-state index contributed by atoms with van der Waals surface area (Å²) in [5.41, 5.74) is 19.6. The predicted molar refractivity (Wildman–Crippen MR) is 332 cm³/mol. The van der Waals surface area contributed by atoms with Crippen molar-refractivity contribution in [2.24, 2.45) is 0 Å². The zero-order valence-electron chi connectivity index (χ0n) is 44.2. The van der Waals surface area contributed by atoms with Gasteiger partial charge >= 0.3 is 0 Å². The van der Waals surface area contributed by atoms with Crippen molar-refractivity contribution in [2.45, 2.75) is 6.92 Å². The maximum atomic E-state index is 5.66. The number of aryl methyl sites for hydroxylation is 1. The van der Waals surface area contributed by atoms with Crippen molar-refractivity contribution in [3.05, 3.63) is 285 Å². The molecule has 0 spiro atoms. The van der Waals surface area contributed by atoms with Crippen molar-refractivity contribution in [2.75, 3.05) is 0 Å². The average molecular weight is 1040 g/mol. The minimum atomic E-state index is 0.553. The number of aromatic nitrogens is 7. The minimum absolute atomic E-state index is 0.553. The van der Waals surface area contributed by atoms with Crippen molar-refractivity contribution in [1.82, 2.24) is 34.1 Å². The van der Waals surface area contributed by atoms with Gasteiger partial charge in [-0.15, -0.1) is 0 Å². The molecule has 0 bridgehead atoms. The van der Waals surface area contributed by atoms with Crippen LogP contribution in [0.2, 0.25) is 0 Å². The highest BCUT2D eigenvalue weighted by molar-refractivity contribution is 6.12. The summed E-state index contributed by atoms with van der Waals surface area (Å²) < 4.78 is 4.79. The third-order valence-electron chi connectivity index (χ3n) is 15.4. The van der Waals surface area contributed by atoms with E-state index in [1.54, 1.807) is 0 Å². The lowest BCUT2D eigenvalue weighted by atomic mass is 10.00. The third-order valence-corrected chi connectivity index (χ3v) is 15.4. The molecular formula is C74H49N7. The molecule has 0 atom stereocenters. The monoisotopic (exact) mass is 1040 g/mol. The smallest absolute Gasteiger partial charge is 0.162 e. The average Bonchev–Trinajstić information content (AvgIpc) is 4.21. The first-order chi connectivity index (χ1) is 40.1. The summed E-state index contributed by atoms with van der Waals surface area (Å²) in [6.45, 7) is 2.16. The van der Waals surface area contributed by atoms with Gasteiger partial charge in [-0.2, -0.15) is 0 Å². The van der Waals surface area contributed by atoms with Gasteiger partial charge < -0.3 is 9.13 Å². The van der Waals surface area contributed by atoms with Crippen molar-refractivity contribution in [3.8, 4) is 102 Å². The van der Waals surface area contributed by atoms with Gasteiger partial charge in [0.05, 0.1) is 61.9 Å². The highest BCUT2D eigenvalue weighted by Gasteiger charge is 2.27. The molecule has 0 unspecified atom stereocenters. The van der Waals surface area contributed by atoms with E-state index in [9.17, 15) is 0 Å². The van der Waals surface area contributed by atoms with E-state index in [-0.39, 0.29) is 0 Å². The standard InChI is InChI=1S/C74H49N7/c1-48-38-41-70-59(42-48)57-33-18-20-37-69(57)81(70)72-60(73-76-64(50-24-9-3-10-25-50)46-65(77-73)51-26-11-4-12-27-51)44-55(45-61(72)74-78-66(52-28-13-5-14-29-52)47-67(79-74)53-30-15-6-16-31-53)80-68-36-19-17-32-56(68)58-40-39-54(43-71(58)80)63-35-21-34-62(75-63)49-22-7-2-8-23-49/h2-47H,1H3. The molecule has 0 aliphatic carbocycles. The summed E-state index contributed by atoms with van der Waals surface area (Å²) in [6.07, 6.45) is 0. The van der Waals surface area contributed by atoms with Crippen molar-refractivity contribution < 1.29 is 0 Å². The predicted octanol–water partition coefficient (Wildman–Crippen LogP) is 18.5. The van der Waals surface area contributed by atoms with Crippen LogP contribution in [0.1, 0.15) is 5.56 Å². The lowest BCUT2D eigenvalue weighted by molar-refractivity contribution is 1.10. The normalized spacial score (nSPS) is 11.5. The summed E-state index contributed by atoms with van der Waals surface area (Å²) in [7, 11) is 0. The van der Waals surface area contributed by atoms with Gasteiger partial charge in [-0.1, -0.05) is 218 Å². The Kier molecular flexibility index (Phi) is 11.6. The van der Waals surface area contributed by atoms with Crippen molar-refractivity contribution in [1.29, 1.82) is 0 Å². The van der Waals surface area contributed by atoms with Crippen molar-refractivity contribution in [3.63, 3.8) is 0 Å². The maximum Gasteiger partial charge on any atom is 0.162 e. The summed E-state index contributed by atoms with van der Waals surface area (Å²) >= 11 is 0. The molecule has 380 valence electrons. The van der Waals surface area contributed by atoms with Crippen molar-refractivity contribution >= 4 is 43.6 Å². The van der Waals surface area contributed by atoms with Crippen LogP contribution in [0.3, 0.4) is 0 Å². The lowest BCUT2D eigenvalue weighted by Crippen LogP contribution is -2.08. The van der Waals surface area contributed by atoms with Crippen LogP contribution in [0.25, 0.3) is 145 Å². The lowest BCUT2D eigenvalue weighted by Gasteiger charge is -2.22. The second-order valence-corrected chi connectivity index (χ2v) is 20.5. The molecule has 81 heavy (non-hydrogen) atoms. The Morgan fingerprint density at radius 1 is 0.247 bits per heavy atom. The molecule has 0 aliphatic rings. The van der Waals surface area contributed by atoms with Gasteiger partial charge in [0, 0.05) is 71.7 Å². The second-order valence-electron chi connectivity index (χ2n) is 20.5. The number of benzene rings is 10. The molecule has 0 saturated carbocycles. The zero-order valence-corrected chi connectivity index (χ0v) is 44.2. The molecule has 0 saturated heterocycles. The van der Waals surface area contributed by atoms with Crippen LogP contribution in [0.4, 0.5) is 0 Å². The first-order valence-electron chi connectivity index (χ1n) is 27.3. The number of para-hydroxylation sites is 2. The topological polar surface area (TPSA) is 74.3 Å². The van der Waals surface area contributed by atoms with Crippen LogP contribution in [0.5, 0.6) is 0 Å². The SMILES string of the molecule is Cc1ccc2c(c1)c1ccccc1n2-c1c(-c2nc(-c3ccccc3)cc(-c3ccccc3)n2)cc(-n2c3ccccc3c3ccc(-c4cccc(-c5ccccc5)n4)cc32)cc1-c1nc(-c2ccccc2)cc(-c2ccccc2)n1. The molecule has 5 aromatic heterocycles. The number of hydrogen-bond donors (Lipinski definition) is 0. The molecule has 7 heteroatoms. The van der Waals surface area contributed by atoms with E-state index >= 15 is 0 Å². The van der Waals surface area contributed by atoms with Gasteiger partial charge in [-0.3, -0.25) is 0 Å². The molecule has 0 radical (unpaired) electrons. The quantitative estimate of drug-likeness (QED) is 0.136. The van der Waals surface area contributed by atoms with E-state index in [4.69, 9.17) is 24.9 Å². The Morgan fingerprint density at radius 2 is 0.642 bits per heavy atom. The fraction of sp³-hybridized carbons (Fsp3) is 0.0135. The first kappa shape index (κ1) is 47.3. The highest BCUT2D eigenvalue weighted by atomic mass is 15.0. The van der Waals surface area contributed by atoms with Gasteiger partial charge in [0.1, 0.15) is 0 Å². The molecule has 10 aromatic carbocycles. The van der Waals surface area contributed by atoms with Crippen LogP contribution in [-0.4, -0.2) is 34.1 Å².